The van der Waals surface area contributed by atoms with Crippen LogP contribution in [0.3, 0.4) is 0 Å². The van der Waals surface area contributed by atoms with Gasteiger partial charge in [-0.3, -0.25) is 4.79 Å². The number of rotatable bonds is 8. The molecular formula is C22H24N4O2. The van der Waals surface area contributed by atoms with Gasteiger partial charge >= 0.3 is 0 Å². The summed E-state index contributed by atoms with van der Waals surface area (Å²) in [4.78, 5) is 12.3. The Morgan fingerprint density at radius 3 is 2.29 bits per heavy atom. The lowest BCUT2D eigenvalue weighted by Gasteiger charge is -2.09. The van der Waals surface area contributed by atoms with E-state index >= 15 is 0 Å². The normalized spacial score (nSPS) is 10.5. The maximum Gasteiger partial charge on any atom is 0.276 e. The second-order valence-corrected chi connectivity index (χ2v) is 6.81. The number of nitrogens with one attached hydrogen (secondary N) is 2. The number of anilines is 2. The SMILES string of the molecule is CC(C)CCNc1ccc(C(=O)Nc2ccc(Oc3ccccc3)cc2)nn1. The molecule has 0 spiro atoms. The molecule has 0 atom stereocenters. The number of hydrogen-bond donors (Lipinski definition) is 2. The van der Waals surface area contributed by atoms with Crippen LogP contribution in [0.2, 0.25) is 0 Å². The topological polar surface area (TPSA) is 76.1 Å². The molecule has 3 aromatic rings. The minimum absolute atomic E-state index is 0.263. The van der Waals surface area contributed by atoms with E-state index in [9.17, 15) is 4.79 Å². The molecule has 0 aliphatic heterocycles. The van der Waals surface area contributed by atoms with Gasteiger partial charge in [0.15, 0.2) is 5.69 Å². The molecule has 0 radical (unpaired) electrons. The predicted octanol–water partition coefficient (Wildman–Crippen LogP) is 4.98. The monoisotopic (exact) mass is 376 g/mol. The van der Waals surface area contributed by atoms with Crippen molar-refractivity contribution in [2.45, 2.75) is 20.3 Å². The maximum atomic E-state index is 12.3. The number of carbonyl (C=O) groups excluding carboxylic acids is 1. The molecule has 0 aliphatic carbocycles. The fourth-order valence-electron chi connectivity index (χ4n) is 2.46. The van der Waals surface area contributed by atoms with Crippen LogP contribution in [0, 0.1) is 5.92 Å². The number of ether oxygens (including phenoxy) is 1. The molecule has 1 aromatic heterocycles. The van der Waals surface area contributed by atoms with E-state index in [2.05, 4.69) is 34.7 Å². The summed E-state index contributed by atoms with van der Waals surface area (Å²) in [6.45, 7) is 5.16. The van der Waals surface area contributed by atoms with Crippen LogP contribution in [-0.4, -0.2) is 22.6 Å². The number of amides is 1. The zero-order chi connectivity index (χ0) is 19.8. The summed E-state index contributed by atoms with van der Waals surface area (Å²) < 4.78 is 5.74. The van der Waals surface area contributed by atoms with Crippen molar-refractivity contribution >= 4 is 17.4 Å². The molecule has 28 heavy (non-hydrogen) atoms. The Hall–Kier alpha value is -3.41. The van der Waals surface area contributed by atoms with Crippen LogP contribution in [0.15, 0.2) is 66.7 Å². The van der Waals surface area contributed by atoms with Gasteiger partial charge in [-0.05, 0) is 60.9 Å². The van der Waals surface area contributed by atoms with Crippen LogP contribution in [0.5, 0.6) is 11.5 Å². The van der Waals surface area contributed by atoms with E-state index in [1.54, 1.807) is 36.4 Å². The van der Waals surface area contributed by atoms with Gasteiger partial charge in [-0.15, -0.1) is 10.2 Å². The second kappa shape index (κ2) is 9.50. The second-order valence-electron chi connectivity index (χ2n) is 6.81. The quantitative estimate of drug-likeness (QED) is 0.580. The third-order valence-electron chi connectivity index (χ3n) is 4.02. The van der Waals surface area contributed by atoms with Gasteiger partial charge in [-0.1, -0.05) is 32.0 Å². The van der Waals surface area contributed by atoms with Crippen molar-refractivity contribution in [3.8, 4) is 11.5 Å². The molecule has 2 aromatic carbocycles. The summed E-state index contributed by atoms with van der Waals surface area (Å²) in [7, 11) is 0. The van der Waals surface area contributed by atoms with Gasteiger partial charge in [-0.25, -0.2) is 0 Å². The standard InChI is InChI=1S/C22H24N4O2/c1-16(2)14-15-23-21-13-12-20(25-26-21)22(27)24-17-8-10-19(11-9-17)28-18-6-4-3-5-7-18/h3-13,16H,14-15H2,1-2H3,(H,23,26)(H,24,27). The first-order valence-electron chi connectivity index (χ1n) is 9.32. The molecule has 1 amide bonds. The Kier molecular flexibility index (Phi) is 6.57. The lowest BCUT2D eigenvalue weighted by Crippen LogP contribution is -2.15. The largest absolute Gasteiger partial charge is 0.457 e. The number of benzene rings is 2. The minimum Gasteiger partial charge on any atom is -0.457 e. The Morgan fingerprint density at radius 1 is 0.929 bits per heavy atom. The Balaban J connectivity index is 1.54. The Bertz CT molecular complexity index is 879. The summed E-state index contributed by atoms with van der Waals surface area (Å²) in [6.07, 6.45) is 1.05. The molecule has 0 bridgehead atoms. The first kappa shape index (κ1) is 19.4. The number of para-hydroxylation sites is 1. The first-order valence-corrected chi connectivity index (χ1v) is 9.32. The zero-order valence-corrected chi connectivity index (χ0v) is 16.1. The highest BCUT2D eigenvalue weighted by atomic mass is 16.5. The maximum absolute atomic E-state index is 12.3. The highest BCUT2D eigenvalue weighted by Gasteiger charge is 2.09. The molecule has 0 aliphatic rings. The van der Waals surface area contributed by atoms with Crippen LogP contribution in [-0.2, 0) is 0 Å². The lowest BCUT2D eigenvalue weighted by molar-refractivity contribution is 0.102. The third-order valence-corrected chi connectivity index (χ3v) is 4.02. The molecular weight excluding hydrogens is 352 g/mol. The lowest BCUT2D eigenvalue weighted by atomic mass is 10.1. The van der Waals surface area contributed by atoms with E-state index in [4.69, 9.17) is 4.74 Å². The molecule has 3 rings (SSSR count). The van der Waals surface area contributed by atoms with Crippen molar-refractivity contribution in [1.82, 2.24) is 10.2 Å². The number of carbonyl (C=O) groups is 1. The van der Waals surface area contributed by atoms with Crippen molar-refractivity contribution < 1.29 is 9.53 Å². The summed E-state index contributed by atoms with van der Waals surface area (Å²) in [5.41, 5.74) is 0.922. The minimum atomic E-state index is -0.307. The van der Waals surface area contributed by atoms with Gasteiger partial charge in [-0.2, -0.15) is 0 Å². The van der Waals surface area contributed by atoms with Crippen molar-refractivity contribution in [3.63, 3.8) is 0 Å². The van der Waals surface area contributed by atoms with E-state index in [1.807, 2.05) is 30.3 Å². The van der Waals surface area contributed by atoms with E-state index in [-0.39, 0.29) is 11.6 Å². The van der Waals surface area contributed by atoms with Crippen LogP contribution in [0.1, 0.15) is 30.8 Å². The summed E-state index contributed by atoms with van der Waals surface area (Å²) >= 11 is 0. The average molecular weight is 376 g/mol. The smallest absolute Gasteiger partial charge is 0.276 e. The molecule has 0 unspecified atom stereocenters. The Labute approximate surface area is 165 Å². The highest BCUT2D eigenvalue weighted by Crippen LogP contribution is 2.22. The van der Waals surface area contributed by atoms with Crippen LogP contribution in [0.4, 0.5) is 11.5 Å². The van der Waals surface area contributed by atoms with Crippen molar-refractivity contribution in [1.29, 1.82) is 0 Å². The fourth-order valence-corrected chi connectivity index (χ4v) is 2.46. The first-order chi connectivity index (χ1) is 13.6. The molecule has 0 saturated carbocycles. The van der Waals surface area contributed by atoms with Gasteiger partial charge in [0, 0.05) is 12.2 Å². The predicted molar refractivity (Wildman–Crippen MR) is 111 cm³/mol. The number of aromatic nitrogens is 2. The summed E-state index contributed by atoms with van der Waals surface area (Å²) in [5.74, 6) is 2.44. The molecule has 0 saturated heterocycles. The molecule has 6 heteroatoms. The molecule has 1 heterocycles. The third kappa shape index (κ3) is 5.81. The van der Waals surface area contributed by atoms with Crippen molar-refractivity contribution in [3.05, 3.63) is 72.4 Å². The van der Waals surface area contributed by atoms with Gasteiger partial charge in [0.1, 0.15) is 17.3 Å². The average Bonchev–Trinajstić information content (AvgIpc) is 2.70. The molecule has 144 valence electrons. The highest BCUT2D eigenvalue weighted by molar-refractivity contribution is 6.02. The molecule has 2 N–H and O–H groups in total. The fraction of sp³-hybridized carbons (Fsp3) is 0.227. The van der Waals surface area contributed by atoms with Gasteiger partial charge in [0.05, 0.1) is 0 Å². The zero-order valence-electron chi connectivity index (χ0n) is 16.1. The number of nitrogens with zero attached hydrogens (tertiary/aromatic N) is 2. The summed E-state index contributed by atoms with van der Waals surface area (Å²) in [5, 5.41) is 14.1. The van der Waals surface area contributed by atoms with Crippen molar-refractivity contribution in [2.75, 3.05) is 17.2 Å². The van der Waals surface area contributed by atoms with Crippen molar-refractivity contribution in [2.24, 2.45) is 5.92 Å². The molecule has 6 nitrogen and oxygen atoms in total. The Morgan fingerprint density at radius 2 is 1.64 bits per heavy atom. The van der Waals surface area contributed by atoms with E-state index < -0.39 is 0 Å². The van der Waals surface area contributed by atoms with Gasteiger partial charge in [0.25, 0.3) is 5.91 Å². The van der Waals surface area contributed by atoms with Crippen LogP contribution < -0.4 is 15.4 Å². The van der Waals surface area contributed by atoms with Gasteiger partial charge < -0.3 is 15.4 Å². The molecule has 0 fully saturated rings. The van der Waals surface area contributed by atoms with Gasteiger partial charge in [0.2, 0.25) is 0 Å². The van der Waals surface area contributed by atoms with E-state index in [0.717, 1.165) is 18.7 Å². The summed E-state index contributed by atoms with van der Waals surface area (Å²) in [6, 6.07) is 20.1. The van der Waals surface area contributed by atoms with E-state index in [1.165, 1.54) is 0 Å². The van der Waals surface area contributed by atoms with Crippen LogP contribution in [0.25, 0.3) is 0 Å². The van der Waals surface area contributed by atoms with E-state index in [0.29, 0.717) is 23.2 Å². The van der Waals surface area contributed by atoms with Crippen LogP contribution >= 0.6 is 0 Å². The number of hydrogen-bond acceptors (Lipinski definition) is 5.